The van der Waals surface area contributed by atoms with Crippen molar-refractivity contribution in [2.75, 3.05) is 0 Å². The highest BCUT2D eigenvalue weighted by Crippen LogP contribution is 2.19. The number of nitrogens with two attached hydrogens (primary N) is 1. The van der Waals surface area contributed by atoms with Gasteiger partial charge in [0.1, 0.15) is 5.82 Å². The molecule has 0 saturated carbocycles. The number of benzene rings is 1. The minimum absolute atomic E-state index is 0.271. The Morgan fingerprint density at radius 2 is 2.20 bits per heavy atom. The van der Waals surface area contributed by atoms with Crippen LogP contribution in [-0.4, -0.2) is 9.78 Å². The first-order valence-corrected chi connectivity index (χ1v) is 4.66. The third-order valence-corrected chi connectivity index (χ3v) is 2.29. The van der Waals surface area contributed by atoms with Crippen LogP contribution in [0.2, 0.25) is 0 Å². The number of hydrogen-bond donors (Lipinski definition) is 1. The fraction of sp³-hybridized carbons (Fsp3) is 0.182. The number of halogens is 1. The summed E-state index contributed by atoms with van der Waals surface area (Å²) in [6.07, 6.45) is 3.52. The SMILES string of the molecule is Cn1cc(C(N)c2cccc(F)c2)cn1. The van der Waals surface area contributed by atoms with Gasteiger partial charge in [-0.15, -0.1) is 0 Å². The lowest BCUT2D eigenvalue weighted by atomic mass is 10.0. The van der Waals surface area contributed by atoms with Crippen molar-refractivity contribution in [3.05, 3.63) is 53.6 Å². The highest BCUT2D eigenvalue weighted by atomic mass is 19.1. The van der Waals surface area contributed by atoms with Gasteiger partial charge in [-0.2, -0.15) is 5.10 Å². The van der Waals surface area contributed by atoms with Gasteiger partial charge in [0.25, 0.3) is 0 Å². The predicted octanol–water partition coefficient (Wildman–Crippen LogP) is 1.61. The van der Waals surface area contributed by atoms with Crippen molar-refractivity contribution in [1.29, 1.82) is 0 Å². The van der Waals surface area contributed by atoms with Crippen molar-refractivity contribution in [1.82, 2.24) is 9.78 Å². The summed E-state index contributed by atoms with van der Waals surface area (Å²) in [6, 6.07) is 5.98. The molecule has 0 saturated heterocycles. The Balaban J connectivity index is 2.32. The van der Waals surface area contributed by atoms with Crippen LogP contribution >= 0.6 is 0 Å². The average Bonchev–Trinajstić information content (AvgIpc) is 2.64. The van der Waals surface area contributed by atoms with Crippen LogP contribution in [0.4, 0.5) is 4.39 Å². The van der Waals surface area contributed by atoms with Crippen LogP contribution in [0, 0.1) is 5.82 Å². The van der Waals surface area contributed by atoms with Crippen molar-refractivity contribution >= 4 is 0 Å². The standard InChI is InChI=1S/C11H12FN3/c1-15-7-9(6-14-15)11(13)8-3-2-4-10(12)5-8/h2-7,11H,13H2,1H3. The summed E-state index contributed by atoms with van der Waals surface area (Å²) >= 11 is 0. The molecule has 2 rings (SSSR count). The normalized spacial score (nSPS) is 12.7. The Labute approximate surface area is 87.3 Å². The summed E-state index contributed by atoms with van der Waals surface area (Å²) in [5.41, 5.74) is 7.61. The molecule has 3 nitrogen and oxygen atoms in total. The Bertz CT molecular complexity index is 464. The third kappa shape index (κ3) is 2.05. The molecule has 15 heavy (non-hydrogen) atoms. The van der Waals surface area contributed by atoms with E-state index in [1.165, 1.54) is 12.1 Å². The molecule has 0 radical (unpaired) electrons. The molecular formula is C11H12FN3. The smallest absolute Gasteiger partial charge is 0.123 e. The minimum Gasteiger partial charge on any atom is -0.320 e. The molecule has 1 heterocycles. The molecule has 0 bridgehead atoms. The van der Waals surface area contributed by atoms with Gasteiger partial charge in [-0.1, -0.05) is 12.1 Å². The predicted molar refractivity (Wildman–Crippen MR) is 55.6 cm³/mol. The second-order valence-corrected chi connectivity index (χ2v) is 3.48. The zero-order valence-corrected chi connectivity index (χ0v) is 8.39. The molecule has 1 aromatic carbocycles. The Morgan fingerprint density at radius 1 is 1.40 bits per heavy atom. The van der Waals surface area contributed by atoms with Crippen molar-refractivity contribution in [2.24, 2.45) is 12.8 Å². The topological polar surface area (TPSA) is 43.8 Å². The molecule has 0 fully saturated rings. The first kappa shape index (κ1) is 9.86. The van der Waals surface area contributed by atoms with E-state index in [0.717, 1.165) is 11.1 Å². The molecule has 1 atom stereocenters. The van der Waals surface area contributed by atoms with Gasteiger partial charge in [-0.3, -0.25) is 4.68 Å². The van der Waals surface area contributed by atoms with Crippen LogP contribution in [0.15, 0.2) is 36.7 Å². The van der Waals surface area contributed by atoms with Crippen LogP contribution in [0.5, 0.6) is 0 Å². The maximum absolute atomic E-state index is 13.0. The van der Waals surface area contributed by atoms with E-state index in [4.69, 9.17) is 5.73 Å². The number of aryl methyl sites for hydroxylation is 1. The number of hydrogen-bond acceptors (Lipinski definition) is 2. The quantitative estimate of drug-likeness (QED) is 0.809. The summed E-state index contributed by atoms with van der Waals surface area (Å²) in [7, 11) is 1.82. The highest BCUT2D eigenvalue weighted by molar-refractivity contribution is 5.28. The third-order valence-electron chi connectivity index (χ3n) is 2.29. The van der Waals surface area contributed by atoms with Gasteiger partial charge in [0.15, 0.2) is 0 Å². The number of rotatable bonds is 2. The maximum Gasteiger partial charge on any atom is 0.123 e. The minimum atomic E-state index is -0.325. The first-order valence-electron chi connectivity index (χ1n) is 4.66. The van der Waals surface area contributed by atoms with Gasteiger partial charge in [0.05, 0.1) is 12.2 Å². The molecule has 0 aliphatic rings. The fourth-order valence-corrected chi connectivity index (χ4v) is 1.49. The number of nitrogens with zero attached hydrogens (tertiary/aromatic N) is 2. The Morgan fingerprint density at radius 3 is 2.80 bits per heavy atom. The molecule has 1 aromatic heterocycles. The summed E-state index contributed by atoms with van der Waals surface area (Å²) in [5, 5.41) is 4.03. The molecule has 0 spiro atoms. The van der Waals surface area contributed by atoms with Gasteiger partial charge in [-0.25, -0.2) is 4.39 Å². The molecule has 0 aliphatic carbocycles. The van der Waals surface area contributed by atoms with Crippen molar-refractivity contribution in [3.63, 3.8) is 0 Å². The molecule has 2 aromatic rings. The van der Waals surface area contributed by atoms with E-state index in [0.29, 0.717) is 0 Å². The molecule has 0 aliphatic heterocycles. The molecule has 1 unspecified atom stereocenters. The van der Waals surface area contributed by atoms with E-state index in [9.17, 15) is 4.39 Å². The molecule has 0 amide bonds. The fourth-order valence-electron chi connectivity index (χ4n) is 1.49. The Hall–Kier alpha value is -1.68. The van der Waals surface area contributed by atoms with Gasteiger partial charge >= 0.3 is 0 Å². The van der Waals surface area contributed by atoms with E-state index in [-0.39, 0.29) is 11.9 Å². The summed E-state index contributed by atoms with van der Waals surface area (Å²) in [4.78, 5) is 0. The lowest BCUT2D eigenvalue weighted by Gasteiger charge is -2.09. The van der Waals surface area contributed by atoms with Gasteiger partial charge in [0.2, 0.25) is 0 Å². The zero-order valence-electron chi connectivity index (χ0n) is 8.39. The molecule has 78 valence electrons. The monoisotopic (exact) mass is 205 g/mol. The lowest BCUT2D eigenvalue weighted by molar-refractivity contribution is 0.623. The summed E-state index contributed by atoms with van der Waals surface area (Å²) in [5.74, 6) is -0.271. The largest absolute Gasteiger partial charge is 0.320 e. The van der Waals surface area contributed by atoms with E-state index in [1.807, 2.05) is 13.2 Å². The number of aromatic nitrogens is 2. The molecule has 2 N–H and O–H groups in total. The van der Waals surface area contributed by atoms with Crippen LogP contribution in [0.3, 0.4) is 0 Å². The molecule has 4 heteroatoms. The van der Waals surface area contributed by atoms with Crippen LogP contribution < -0.4 is 5.73 Å². The van der Waals surface area contributed by atoms with Crippen LogP contribution in [0.25, 0.3) is 0 Å². The van der Waals surface area contributed by atoms with E-state index < -0.39 is 0 Å². The van der Waals surface area contributed by atoms with Crippen molar-refractivity contribution in [2.45, 2.75) is 6.04 Å². The summed E-state index contributed by atoms with van der Waals surface area (Å²) < 4.78 is 14.6. The lowest BCUT2D eigenvalue weighted by Crippen LogP contribution is -2.11. The first-order chi connectivity index (χ1) is 7.16. The van der Waals surface area contributed by atoms with E-state index in [1.54, 1.807) is 23.0 Å². The van der Waals surface area contributed by atoms with E-state index in [2.05, 4.69) is 5.10 Å². The second-order valence-electron chi connectivity index (χ2n) is 3.48. The second kappa shape index (κ2) is 3.82. The summed E-state index contributed by atoms with van der Waals surface area (Å²) in [6.45, 7) is 0. The van der Waals surface area contributed by atoms with Gasteiger partial charge in [0, 0.05) is 18.8 Å². The van der Waals surface area contributed by atoms with Crippen LogP contribution in [-0.2, 0) is 7.05 Å². The highest BCUT2D eigenvalue weighted by Gasteiger charge is 2.10. The van der Waals surface area contributed by atoms with Crippen LogP contribution in [0.1, 0.15) is 17.2 Å². The average molecular weight is 205 g/mol. The zero-order chi connectivity index (χ0) is 10.8. The van der Waals surface area contributed by atoms with E-state index >= 15 is 0 Å². The Kier molecular flexibility index (Phi) is 2.51. The van der Waals surface area contributed by atoms with Gasteiger partial charge < -0.3 is 5.73 Å². The van der Waals surface area contributed by atoms with Crippen molar-refractivity contribution < 1.29 is 4.39 Å². The van der Waals surface area contributed by atoms with Crippen molar-refractivity contribution in [3.8, 4) is 0 Å². The molecular weight excluding hydrogens is 193 g/mol. The maximum atomic E-state index is 13.0. The van der Waals surface area contributed by atoms with Gasteiger partial charge in [-0.05, 0) is 17.7 Å².